The van der Waals surface area contributed by atoms with Crippen molar-refractivity contribution in [2.24, 2.45) is 12.8 Å². The van der Waals surface area contributed by atoms with Crippen LogP contribution >= 0.6 is 11.6 Å². The first-order valence-corrected chi connectivity index (χ1v) is 6.46. The van der Waals surface area contributed by atoms with E-state index >= 15 is 0 Å². The molecule has 0 aliphatic heterocycles. The van der Waals surface area contributed by atoms with Gasteiger partial charge in [-0.1, -0.05) is 11.6 Å². The van der Waals surface area contributed by atoms with E-state index in [0.29, 0.717) is 5.02 Å². The molecule has 0 bridgehead atoms. The molecule has 2 N–H and O–H groups in total. The quantitative estimate of drug-likeness (QED) is 0.884. The second-order valence-electron chi connectivity index (χ2n) is 4.81. The molecule has 0 radical (unpaired) electrons. The number of nitrogens with two attached hydrogens (primary N) is 1. The molecule has 2 aromatic heterocycles. The fourth-order valence-electron chi connectivity index (χ4n) is 1.96. The molecule has 0 fully saturated rings. The van der Waals surface area contributed by atoms with Gasteiger partial charge in [0, 0.05) is 13.6 Å². The van der Waals surface area contributed by atoms with Gasteiger partial charge in [0.15, 0.2) is 0 Å². The first kappa shape index (κ1) is 14.0. The van der Waals surface area contributed by atoms with Crippen LogP contribution in [0.25, 0.3) is 0 Å². The van der Waals surface area contributed by atoms with Gasteiger partial charge in [0.1, 0.15) is 0 Å². The zero-order chi connectivity index (χ0) is 14.0. The molecule has 1 unspecified atom stereocenters. The summed E-state index contributed by atoms with van der Waals surface area (Å²) in [5.74, 6) is 0. The Kier molecular flexibility index (Phi) is 4.24. The number of hydrogen-bond donors (Lipinski definition) is 1. The van der Waals surface area contributed by atoms with Crippen LogP contribution in [-0.2, 0) is 13.6 Å². The van der Waals surface area contributed by atoms with Crippen molar-refractivity contribution in [2.75, 3.05) is 20.6 Å². The Labute approximate surface area is 117 Å². The molecule has 0 amide bonds. The Bertz CT molecular complexity index is 544. The molecule has 6 nitrogen and oxygen atoms in total. The van der Waals surface area contributed by atoms with Crippen molar-refractivity contribution >= 4 is 11.6 Å². The van der Waals surface area contributed by atoms with Crippen LogP contribution in [0, 0.1) is 0 Å². The maximum atomic E-state index is 6.29. The molecule has 0 aliphatic rings. The Balaban J connectivity index is 2.28. The summed E-state index contributed by atoms with van der Waals surface area (Å²) < 4.78 is 3.75. The summed E-state index contributed by atoms with van der Waals surface area (Å²) in [6.45, 7) is 1.63. The van der Waals surface area contributed by atoms with Gasteiger partial charge in [-0.15, -0.1) is 0 Å². The number of aromatic nitrogens is 4. The Hall–Kier alpha value is -1.37. The van der Waals surface area contributed by atoms with Crippen molar-refractivity contribution in [1.29, 1.82) is 0 Å². The Morgan fingerprint density at radius 3 is 2.74 bits per heavy atom. The standard InChI is InChI=1S/C12H19ClN6/c1-17(2)4-5-19-12(9(13)6-16-19)11(14)10-7-15-8-18(10)3/h6-8,11H,4-5,14H2,1-3H3. The Morgan fingerprint density at radius 2 is 2.16 bits per heavy atom. The van der Waals surface area contributed by atoms with Crippen LogP contribution in [0.1, 0.15) is 17.4 Å². The molecular weight excluding hydrogens is 264 g/mol. The highest BCUT2D eigenvalue weighted by Crippen LogP contribution is 2.25. The van der Waals surface area contributed by atoms with Gasteiger partial charge in [0.25, 0.3) is 0 Å². The van der Waals surface area contributed by atoms with Crippen molar-refractivity contribution in [1.82, 2.24) is 24.2 Å². The minimum Gasteiger partial charge on any atom is -0.336 e. The summed E-state index contributed by atoms with van der Waals surface area (Å²) in [5.41, 5.74) is 8.03. The highest BCUT2D eigenvalue weighted by Gasteiger charge is 2.20. The molecule has 1 atom stereocenters. The molecule has 2 heterocycles. The number of hydrogen-bond acceptors (Lipinski definition) is 4. The summed E-state index contributed by atoms with van der Waals surface area (Å²) in [4.78, 5) is 6.18. The predicted octanol–water partition coefficient (Wildman–Crippen LogP) is 0.880. The van der Waals surface area contributed by atoms with E-state index in [1.165, 1.54) is 0 Å². The predicted molar refractivity (Wildman–Crippen MR) is 75.0 cm³/mol. The van der Waals surface area contributed by atoms with E-state index in [1.54, 1.807) is 18.7 Å². The monoisotopic (exact) mass is 282 g/mol. The van der Waals surface area contributed by atoms with E-state index in [0.717, 1.165) is 24.5 Å². The Morgan fingerprint density at radius 1 is 1.42 bits per heavy atom. The molecule has 2 aromatic rings. The molecular formula is C12H19ClN6. The average Bonchev–Trinajstić information content (AvgIpc) is 2.92. The fourth-order valence-corrected chi connectivity index (χ4v) is 2.22. The van der Waals surface area contributed by atoms with Crippen LogP contribution in [0.5, 0.6) is 0 Å². The molecule has 0 aliphatic carbocycles. The second kappa shape index (κ2) is 5.73. The molecule has 2 rings (SSSR count). The number of aryl methyl sites for hydroxylation is 1. The summed E-state index contributed by atoms with van der Waals surface area (Å²) in [7, 11) is 5.95. The van der Waals surface area contributed by atoms with E-state index in [2.05, 4.69) is 15.0 Å². The number of rotatable bonds is 5. The van der Waals surface area contributed by atoms with Gasteiger partial charge in [-0.3, -0.25) is 4.68 Å². The molecule has 7 heteroatoms. The van der Waals surface area contributed by atoms with Crippen molar-refractivity contribution in [3.05, 3.63) is 35.1 Å². The highest BCUT2D eigenvalue weighted by atomic mass is 35.5. The molecule has 0 saturated heterocycles. The molecule has 0 spiro atoms. The van der Waals surface area contributed by atoms with Gasteiger partial charge in [-0.2, -0.15) is 5.10 Å². The zero-order valence-corrected chi connectivity index (χ0v) is 12.2. The number of nitrogens with zero attached hydrogens (tertiary/aromatic N) is 5. The van der Waals surface area contributed by atoms with Crippen LogP contribution in [0.4, 0.5) is 0 Å². The SMILES string of the molecule is CN(C)CCn1ncc(Cl)c1C(N)c1cncn1C. The summed E-state index contributed by atoms with van der Waals surface area (Å²) >= 11 is 6.22. The van der Waals surface area contributed by atoms with Crippen LogP contribution in [0.15, 0.2) is 18.7 Å². The lowest BCUT2D eigenvalue weighted by atomic mass is 10.1. The summed E-state index contributed by atoms with van der Waals surface area (Å²) in [6.07, 6.45) is 5.12. The lowest BCUT2D eigenvalue weighted by Crippen LogP contribution is -2.24. The molecule has 104 valence electrons. The van der Waals surface area contributed by atoms with Gasteiger partial charge < -0.3 is 15.2 Å². The van der Waals surface area contributed by atoms with E-state index in [1.807, 2.05) is 30.4 Å². The smallest absolute Gasteiger partial charge is 0.0946 e. The second-order valence-corrected chi connectivity index (χ2v) is 5.22. The third kappa shape index (κ3) is 2.97. The van der Waals surface area contributed by atoms with Crippen LogP contribution < -0.4 is 5.73 Å². The lowest BCUT2D eigenvalue weighted by molar-refractivity contribution is 0.367. The van der Waals surface area contributed by atoms with Crippen molar-refractivity contribution in [2.45, 2.75) is 12.6 Å². The van der Waals surface area contributed by atoms with E-state index in [4.69, 9.17) is 17.3 Å². The van der Waals surface area contributed by atoms with Gasteiger partial charge >= 0.3 is 0 Å². The molecule has 19 heavy (non-hydrogen) atoms. The molecule has 0 saturated carbocycles. The van der Waals surface area contributed by atoms with Crippen molar-refractivity contribution in [3.8, 4) is 0 Å². The van der Waals surface area contributed by atoms with E-state index in [9.17, 15) is 0 Å². The maximum Gasteiger partial charge on any atom is 0.0946 e. The molecule has 0 aromatic carbocycles. The van der Waals surface area contributed by atoms with Gasteiger partial charge in [-0.25, -0.2) is 4.98 Å². The minimum atomic E-state index is -0.329. The fraction of sp³-hybridized carbons (Fsp3) is 0.500. The van der Waals surface area contributed by atoms with E-state index < -0.39 is 0 Å². The number of imidazole rings is 1. The van der Waals surface area contributed by atoms with Gasteiger partial charge in [0.2, 0.25) is 0 Å². The largest absolute Gasteiger partial charge is 0.336 e. The number of halogens is 1. The highest BCUT2D eigenvalue weighted by molar-refractivity contribution is 6.31. The van der Waals surface area contributed by atoms with Crippen LogP contribution in [-0.4, -0.2) is 44.9 Å². The van der Waals surface area contributed by atoms with Crippen LogP contribution in [0.3, 0.4) is 0 Å². The van der Waals surface area contributed by atoms with Crippen LogP contribution in [0.2, 0.25) is 5.02 Å². The minimum absolute atomic E-state index is 0.329. The summed E-state index contributed by atoms with van der Waals surface area (Å²) in [6, 6.07) is -0.329. The van der Waals surface area contributed by atoms with E-state index in [-0.39, 0.29) is 6.04 Å². The van der Waals surface area contributed by atoms with Gasteiger partial charge in [-0.05, 0) is 14.1 Å². The number of likely N-dealkylation sites (N-methyl/N-ethyl adjacent to an activating group) is 1. The van der Waals surface area contributed by atoms with Crippen molar-refractivity contribution in [3.63, 3.8) is 0 Å². The summed E-state index contributed by atoms with van der Waals surface area (Å²) in [5, 5.41) is 4.89. The third-order valence-corrected chi connectivity index (χ3v) is 3.35. The lowest BCUT2D eigenvalue weighted by Gasteiger charge is -2.17. The maximum absolute atomic E-state index is 6.29. The van der Waals surface area contributed by atoms with Crippen molar-refractivity contribution < 1.29 is 0 Å². The normalized spacial score (nSPS) is 13.2. The topological polar surface area (TPSA) is 64.9 Å². The first-order valence-electron chi connectivity index (χ1n) is 6.08. The van der Waals surface area contributed by atoms with Gasteiger partial charge in [0.05, 0.1) is 47.7 Å². The average molecular weight is 283 g/mol. The zero-order valence-electron chi connectivity index (χ0n) is 11.4. The third-order valence-electron chi connectivity index (χ3n) is 3.06. The first-order chi connectivity index (χ1) is 9.00.